The zero-order valence-electron chi connectivity index (χ0n) is 19.7. The summed E-state index contributed by atoms with van der Waals surface area (Å²) in [5.74, 6) is 0.621. The SMILES string of the molecule is OC(O)c1cccc(CC2(CN[C@@H]3CC3c3ccccc3)CCN(Cc3ccccn3)CC2)c1. The van der Waals surface area contributed by atoms with Gasteiger partial charge in [-0.05, 0) is 67.4 Å². The van der Waals surface area contributed by atoms with E-state index in [2.05, 4.69) is 63.7 Å². The Kier molecular flexibility index (Phi) is 7.07. The third-order valence-electron chi connectivity index (χ3n) is 7.61. The summed E-state index contributed by atoms with van der Waals surface area (Å²) in [7, 11) is 0. The quantitative estimate of drug-likeness (QED) is 0.423. The molecule has 2 fully saturated rings. The fourth-order valence-corrected chi connectivity index (χ4v) is 5.46. The summed E-state index contributed by atoms with van der Waals surface area (Å²) >= 11 is 0. The Bertz CT molecular complexity index is 1050. The Morgan fingerprint density at radius 1 is 0.971 bits per heavy atom. The molecule has 34 heavy (non-hydrogen) atoms. The van der Waals surface area contributed by atoms with Crippen LogP contribution in [-0.2, 0) is 13.0 Å². The Balaban J connectivity index is 1.26. The first-order chi connectivity index (χ1) is 16.6. The Morgan fingerprint density at radius 3 is 2.50 bits per heavy atom. The van der Waals surface area contributed by atoms with E-state index in [1.807, 2.05) is 24.4 Å². The number of hydrogen-bond donors (Lipinski definition) is 3. The van der Waals surface area contributed by atoms with Crippen LogP contribution in [0.3, 0.4) is 0 Å². The normalized spacial score (nSPS) is 22.1. The lowest BCUT2D eigenvalue weighted by atomic mass is 9.73. The van der Waals surface area contributed by atoms with Crippen LogP contribution in [0.1, 0.15) is 53.9 Å². The summed E-state index contributed by atoms with van der Waals surface area (Å²) < 4.78 is 0. The highest BCUT2D eigenvalue weighted by molar-refractivity contribution is 5.28. The van der Waals surface area contributed by atoms with E-state index in [1.165, 1.54) is 17.5 Å². The number of aromatic nitrogens is 1. The molecule has 2 heterocycles. The zero-order valence-corrected chi connectivity index (χ0v) is 19.7. The van der Waals surface area contributed by atoms with Gasteiger partial charge in [-0.1, -0.05) is 60.7 Å². The van der Waals surface area contributed by atoms with E-state index >= 15 is 0 Å². The molecule has 1 unspecified atom stereocenters. The summed E-state index contributed by atoms with van der Waals surface area (Å²) in [6, 6.07) is 25.3. The second-order valence-corrected chi connectivity index (χ2v) is 10.1. The van der Waals surface area contributed by atoms with Crippen molar-refractivity contribution in [2.24, 2.45) is 5.41 Å². The van der Waals surface area contributed by atoms with Gasteiger partial charge in [0.25, 0.3) is 0 Å². The number of aliphatic hydroxyl groups excluding tert-OH is 1. The fraction of sp³-hybridized carbons (Fsp3) is 0.414. The number of piperidine rings is 1. The van der Waals surface area contributed by atoms with Crippen molar-refractivity contribution < 1.29 is 10.2 Å². The van der Waals surface area contributed by atoms with Gasteiger partial charge in [0.05, 0.1) is 5.69 Å². The molecule has 5 nitrogen and oxygen atoms in total. The summed E-state index contributed by atoms with van der Waals surface area (Å²) in [4.78, 5) is 7.02. The van der Waals surface area contributed by atoms with E-state index in [4.69, 9.17) is 0 Å². The molecule has 2 aromatic carbocycles. The smallest absolute Gasteiger partial charge is 0.178 e. The van der Waals surface area contributed by atoms with Crippen molar-refractivity contribution in [1.82, 2.24) is 15.2 Å². The van der Waals surface area contributed by atoms with Gasteiger partial charge in [0.15, 0.2) is 6.29 Å². The van der Waals surface area contributed by atoms with Crippen molar-refractivity contribution in [3.8, 4) is 0 Å². The number of pyridine rings is 1. The Morgan fingerprint density at radius 2 is 1.76 bits per heavy atom. The molecule has 0 bridgehead atoms. The summed E-state index contributed by atoms with van der Waals surface area (Å²) in [6.07, 6.45) is 4.82. The second kappa shape index (κ2) is 10.4. The van der Waals surface area contributed by atoms with Gasteiger partial charge in [-0.2, -0.15) is 0 Å². The Labute approximate surface area is 202 Å². The summed E-state index contributed by atoms with van der Waals surface area (Å²) in [6.45, 7) is 3.99. The minimum Gasteiger partial charge on any atom is -0.364 e. The van der Waals surface area contributed by atoms with Crippen molar-refractivity contribution in [1.29, 1.82) is 0 Å². The molecule has 0 radical (unpaired) electrons. The molecular formula is C29H35N3O2. The van der Waals surface area contributed by atoms with Crippen LogP contribution < -0.4 is 5.32 Å². The number of aliphatic hydroxyl groups is 2. The van der Waals surface area contributed by atoms with E-state index in [0.717, 1.165) is 51.1 Å². The first-order valence-corrected chi connectivity index (χ1v) is 12.5. The number of nitrogens with one attached hydrogen (secondary N) is 1. The molecule has 178 valence electrons. The van der Waals surface area contributed by atoms with Crippen molar-refractivity contribution in [3.63, 3.8) is 0 Å². The van der Waals surface area contributed by atoms with Crippen molar-refractivity contribution in [3.05, 3.63) is 101 Å². The van der Waals surface area contributed by atoms with E-state index in [9.17, 15) is 10.2 Å². The minimum atomic E-state index is -1.42. The molecule has 5 rings (SSSR count). The highest BCUT2D eigenvalue weighted by atomic mass is 16.5. The molecule has 0 spiro atoms. The van der Waals surface area contributed by atoms with Crippen molar-refractivity contribution in [2.75, 3.05) is 19.6 Å². The number of likely N-dealkylation sites (tertiary alicyclic amines) is 1. The Hall–Kier alpha value is -2.57. The monoisotopic (exact) mass is 457 g/mol. The van der Waals surface area contributed by atoms with Crippen molar-refractivity contribution >= 4 is 0 Å². The molecule has 1 saturated heterocycles. The predicted octanol–water partition coefficient (Wildman–Crippen LogP) is 4.04. The summed E-state index contributed by atoms with van der Waals surface area (Å²) in [5.41, 5.74) is 4.47. The summed E-state index contributed by atoms with van der Waals surface area (Å²) in [5, 5.41) is 23.2. The van der Waals surface area contributed by atoms with Gasteiger partial charge in [-0.25, -0.2) is 0 Å². The van der Waals surface area contributed by atoms with Crippen LogP contribution in [0.5, 0.6) is 0 Å². The van der Waals surface area contributed by atoms with Crippen LogP contribution in [0, 0.1) is 5.41 Å². The van der Waals surface area contributed by atoms with Crippen LogP contribution in [0.15, 0.2) is 79.0 Å². The average Bonchev–Trinajstić information content (AvgIpc) is 3.66. The van der Waals surface area contributed by atoms with E-state index in [-0.39, 0.29) is 5.41 Å². The van der Waals surface area contributed by atoms with Gasteiger partial charge >= 0.3 is 0 Å². The lowest BCUT2D eigenvalue weighted by Crippen LogP contribution is -2.46. The third-order valence-corrected chi connectivity index (χ3v) is 7.61. The standard InChI is InChI=1S/C29H35N3O2/c33-28(34)24-10-6-7-22(17-24)19-29(21-31-27-18-26(27)23-8-2-1-3-9-23)12-15-32(16-13-29)20-25-11-4-5-14-30-25/h1-11,14,17,26-28,31,33-34H,12-13,15-16,18-21H2/t26?,27-/m1/s1. The molecule has 3 aromatic rings. The van der Waals surface area contributed by atoms with Crippen LogP contribution in [-0.4, -0.2) is 45.8 Å². The molecule has 1 aliphatic heterocycles. The maximum absolute atomic E-state index is 9.65. The molecule has 0 amide bonds. The second-order valence-electron chi connectivity index (χ2n) is 10.1. The average molecular weight is 458 g/mol. The van der Waals surface area contributed by atoms with Gasteiger partial charge < -0.3 is 15.5 Å². The largest absolute Gasteiger partial charge is 0.364 e. The topological polar surface area (TPSA) is 68.6 Å². The highest BCUT2D eigenvalue weighted by Gasteiger charge is 2.41. The fourth-order valence-electron chi connectivity index (χ4n) is 5.46. The molecular weight excluding hydrogens is 422 g/mol. The van der Waals surface area contributed by atoms with Crippen LogP contribution in [0.2, 0.25) is 0 Å². The van der Waals surface area contributed by atoms with Gasteiger partial charge in [-0.3, -0.25) is 9.88 Å². The van der Waals surface area contributed by atoms with Gasteiger partial charge in [-0.15, -0.1) is 0 Å². The van der Waals surface area contributed by atoms with Gasteiger partial charge in [0.1, 0.15) is 0 Å². The molecule has 5 heteroatoms. The predicted molar refractivity (Wildman–Crippen MR) is 134 cm³/mol. The first-order valence-electron chi connectivity index (χ1n) is 12.5. The van der Waals surface area contributed by atoms with E-state index < -0.39 is 6.29 Å². The first kappa shape index (κ1) is 23.2. The van der Waals surface area contributed by atoms with Gasteiger partial charge in [0.2, 0.25) is 0 Å². The van der Waals surface area contributed by atoms with Crippen LogP contribution in [0.25, 0.3) is 0 Å². The molecule has 1 aliphatic carbocycles. The minimum absolute atomic E-state index is 0.156. The zero-order chi connectivity index (χ0) is 23.4. The maximum Gasteiger partial charge on any atom is 0.178 e. The molecule has 1 aromatic heterocycles. The van der Waals surface area contributed by atoms with Crippen LogP contribution >= 0.6 is 0 Å². The third kappa shape index (κ3) is 5.73. The molecule has 1 saturated carbocycles. The number of hydrogen-bond acceptors (Lipinski definition) is 5. The van der Waals surface area contributed by atoms with Crippen molar-refractivity contribution in [2.45, 2.75) is 50.5 Å². The van der Waals surface area contributed by atoms with E-state index in [1.54, 1.807) is 6.07 Å². The number of rotatable bonds is 9. The molecule has 2 aliphatic rings. The van der Waals surface area contributed by atoms with Gasteiger partial charge in [0, 0.05) is 36.8 Å². The number of nitrogens with zero attached hydrogens (tertiary/aromatic N) is 2. The number of benzene rings is 2. The molecule has 2 atom stereocenters. The lowest BCUT2D eigenvalue weighted by molar-refractivity contribution is -0.0425. The highest BCUT2D eigenvalue weighted by Crippen LogP contribution is 2.42. The van der Waals surface area contributed by atoms with Crippen LogP contribution in [0.4, 0.5) is 0 Å². The maximum atomic E-state index is 9.65. The van der Waals surface area contributed by atoms with E-state index in [0.29, 0.717) is 17.5 Å². The lowest BCUT2D eigenvalue weighted by Gasteiger charge is -2.42. The molecule has 3 N–H and O–H groups in total.